The van der Waals surface area contributed by atoms with Crippen LogP contribution in [0.25, 0.3) is 10.8 Å². The highest BCUT2D eigenvalue weighted by Crippen LogP contribution is 2.24. The number of nitrogens with zero attached hydrogens (tertiary/aromatic N) is 3. The summed E-state index contributed by atoms with van der Waals surface area (Å²) in [4.78, 5) is 25.4. The maximum Gasteiger partial charge on any atom is 0.318 e. The van der Waals surface area contributed by atoms with E-state index in [4.69, 9.17) is 4.74 Å². The molecule has 3 N–H and O–H groups in total. The van der Waals surface area contributed by atoms with E-state index in [0.29, 0.717) is 13.1 Å². The van der Waals surface area contributed by atoms with Crippen LogP contribution < -0.4 is 10.6 Å². The molecule has 1 aliphatic heterocycles. The minimum Gasteiger partial charge on any atom is -0.379 e. The predicted octanol–water partition coefficient (Wildman–Crippen LogP) is 5.92. The van der Waals surface area contributed by atoms with Crippen molar-refractivity contribution in [3.63, 3.8) is 0 Å². The van der Waals surface area contributed by atoms with E-state index in [9.17, 15) is 4.79 Å². The Bertz CT molecular complexity index is 1350. The molecule has 0 saturated carbocycles. The Hall–Kier alpha value is -3.72. The normalized spacial score (nSPS) is 14.1. The SMILES string of the molecule is CC.CC(NC(=O)N(CCCN1CCOCC1)Cc1ccc(CCNCc2ncc[nH]2)cc1)c1cccc2ccccc12. The smallest absolute Gasteiger partial charge is 0.318 e. The summed E-state index contributed by atoms with van der Waals surface area (Å²) >= 11 is 0. The monoisotopic (exact) mass is 584 g/mol. The molecule has 2 amide bonds. The van der Waals surface area contributed by atoms with E-state index in [1.807, 2.05) is 31.0 Å². The third-order valence-corrected chi connectivity index (χ3v) is 7.76. The number of imidazole rings is 1. The summed E-state index contributed by atoms with van der Waals surface area (Å²) in [6, 6.07) is 23.1. The van der Waals surface area contributed by atoms with Gasteiger partial charge >= 0.3 is 6.03 Å². The molecule has 3 aromatic carbocycles. The number of rotatable bonds is 13. The van der Waals surface area contributed by atoms with E-state index < -0.39 is 0 Å². The van der Waals surface area contributed by atoms with E-state index in [0.717, 1.165) is 75.7 Å². The summed E-state index contributed by atoms with van der Waals surface area (Å²) < 4.78 is 5.49. The number of H-pyrrole nitrogens is 1. The van der Waals surface area contributed by atoms with Gasteiger partial charge in [0.15, 0.2) is 0 Å². The Kier molecular flexibility index (Phi) is 13.0. The highest BCUT2D eigenvalue weighted by Gasteiger charge is 2.19. The van der Waals surface area contributed by atoms with E-state index >= 15 is 0 Å². The molecule has 8 heteroatoms. The van der Waals surface area contributed by atoms with Gasteiger partial charge in [0, 0.05) is 45.1 Å². The molecule has 5 rings (SSSR count). The third-order valence-electron chi connectivity index (χ3n) is 7.76. The van der Waals surface area contributed by atoms with E-state index in [2.05, 4.69) is 93.1 Å². The number of benzene rings is 3. The molecule has 1 aliphatic rings. The highest BCUT2D eigenvalue weighted by molar-refractivity contribution is 5.86. The van der Waals surface area contributed by atoms with Gasteiger partial charge in [0.05, 0.1) is 25.8 Å². The zero-order valence-electron chi connectivity index (χ0n) is 26.0. The van der Waals surface area contributed by atoms with Crippen LogP contribution in [-0.4, -0.2) is 71.7 Å². The van der Waals surface area contributed by atoms with Crippen molar-refractivity contribution in [2.45, 2.75) is 52.7 Å². The van der Waals surface area contributed by atoms with Gasteiger partial charge in [-0.25, -0.2) is 9.78 Å². The lowest BCUT2D eigenvalue weighted by Gasteiger charge is -2.29. The first kappa shape index (κ1) is 32.2. The van der Waals surface area contributed by atoms with E-state index in [1.165, 1.54) is 16.3 Å². The standard InChI is InChI=1S/C33H42N6O2.C2H6/c1-26(30-9-4-7-29-6-2-3-8-31(29)30)37-33(40)39(19-5-18-38-20-22-41-23-21-38)25-28-12-10-27(11-13-28)14-15-34-24-32-35-16-17-36-32;1-2/h2-4,6-13,16-17,26,34H,5,14-15,18-25H2,1H3,(H,35,36)(H,37,40);1-2H3. The van der Waals surface area contributed by atoms with Gasteiger partial charge < -0.3 is 25.3 Å². The Balaban J connectivity index is 0.00000207. The van der Waals surface area contributed by atoms with Crippen molar-refractivity contribution in [3.8, 4) is 0 Å². The zero-order valence-corrected chi connectivity index (χ0v) is 26.0. The van der Waals surface area contributed by atoms with Crippen molar-refractivity contribution in [1.82, 2.24) is 30.4 Å². The van der Waals surface area contributed by atoms with Gasteiger partial charge in [-0.2, -0.15) is 0 Å². The number of ether oxygens (including phenoxy) is 1. The Labute approximate surface area is 256 Å². The number of carbonyl (C=O) groups excluding carboxylic acids is 1. The summed E-state index contributed by atoms with van der Waals surface area (Å²) in [7, 11) is 0. The van der Waals surface area contributed by atoms with Gasteiger partial charge in [-0.05, 0) is 53.8 Å². The van der Waals surface area contributed by atoms with Gasteiger partial charge in [-0.3, -0.25) is 4.90 Å². The molecule has 1 unspecified atom stereocenters. The van der Waals surface area contributed by atoms with Crippen molar-refractivity contribution >= 4 is 16.8 Å². The minimum atomic E-state index is -0.105. The lowest BCUT2D eigenvalue weighted by Crippen LogP contribution is -2.43. The molecule has 0 aliphatic carbocycles. The lowest BCUT2D eigenvalue weighted by molar-refractivity contribution is 0.0364. The number of carbonyl (C=O) groups is 1. The molecule has 0 spiro atoms. The number of hydrogen-bond acceptors (Lipinski definition) is 5. The molecular weight excluding hydrogens is 536 g/mol. The van der Waals surface area contributed by atoms with Crippen LogP contribution in [0.3, 0.4) is 0 Å². The summed E-state index contributed by atoms with van der Waals surface area (Å²) in [6.07, 6.45) is 5.47. The maximum absolute atomic E-state index is 13.7. The van der Waals surface area contributed by atoms with Crippen LogP contribution in [0.4, 0.5) is 4.79 Å². The first-order valence-corrected chi connectivity index (χ1v) is 15.8. The summed E-state index contributed by atoms with van der Waals surface area (Å²) in [5.41, 5.74) is 3.54. The van der Waals surface area contributed by atoms with Crippen molar-refractivity contribution in [3.05, 3.63) is 102 Å². The average molecular weight is 585 g/mol. The Morgan fingerprint density at radius 2 is 1.77 bits per heavy atom. The Morgan fingerprint density at radius 3 is 2.53 bits per heavy atom. The molecule has 230 valence electrons. The lowest BCUT2D eigenvalue weighted by atomic mass is 10.00. The summed E-state index contributed by atoms with van der Waals surface area (Å²) in [6.45, 7) is 13.4. The third kappa shape index (κ3) is 9.92. The molecule has 43 heavy (non-hydrogen) atoms. The van der Waals surface area contributed by atoms with Crippen molar-refractivity contribution < 1.29 is 9.53 Å². The fraction of sp³-hybridized carbons (Fsp3) is 0.429. The molecule has 8 nitrogen and oxygen atoms in total. The molecule has 1 fully saturated rings. The number of amides is 2. The van der Waals surface area contributed by atoms with Gasteiger partial charge in [-0.1, -0.05) is 80.6 Å². The van der Waals surface area contributed by atoms with Gasteiger partial charge in [0.25, 0.3) is 0 Å². The second-order valence-electron chi connectivity index (χ2n) is 10.7. The number of hydrogen-bond donors (Lipinski definition) is 3. The molecule has 1 aromatic heterocycles. The van der Waals surface area contributed by atoms with Gasteiger partial charge in [0.2, 0.25) is 0 Å². The minimum absolute atomic E-state index is 0.0291. The highest BCUT2D eigenvalue weighted by atomic mass is 16.5. The van der Waals surface area contributed by atoms with Crippen molar-refractivity contribution in [2.75, 3.05) is 45.9 Å². The number of urea groups is 1. The fourth-order valence-electron chi connectivity index (χ4n) is 5.41. The quantitative estimate of drug-likeness (QED) is 0.170. The Morgan fingerprint density at radius 1 is 1.02 bits per heavy atom. The second kappa shape index (κ2) is 17.4. The van der Waals surface area contributed by atoms with Crippen LogP contribution in [0.5, 0.6) is 0 Å². The molecular formula is C35H48N6O2. The summed E-state index contributed by atoms with van der Waals surface area (Å²) in [5.74, 6) is 0.946. The average Bonchev–Trinajstić information content (AvgIpc) is 3.58. The van der Waals surface area contributed by atoms with Crippen LogP contribution in [0.1, 0.15) is 55.7 Å². The number of aromatic amines is 1. The van der Waals surface area contributed by atoms with Crippen LogP contribution >= 0.6 is 0 Å². The fourth-order valence-corrected chi connectivity index (χ4v) is 5.41. The van der Waals surface area contributed by atoms with Crippen LogP contribution in [-0.2, 0) is 24.2 Å². The van der Waals surface area contributed by atoms with E-state index in [-0.39, 0.29) is 12.1 Å². The first-order chi connectivity index (χ1) is 21.2. The molecule has 1 saturated heterocycles. The molecule has 4 aromatic rings. The van der Waals surface area contributed by atoms with Crippen molar-refractivity contribution in [2.24, 2.45) is 0 Å². The number of morpholine rings is 1. The maximum atomic E-state index is 13.7. The molecule has 1 atom stereocenters. The number of aromatic nitrogens is 2. The second-order valence-corrected chi connectivity index (χ2v) is 10.7. The van der Waals surface area contributed by atoms with Gasteiger partial charge in [-0.15, -0.1) is 0 Å². The topological polar surface area (TPSA) is 85.5 Å². The van der Waals surface area contributed by atoms with Crippen LogP contribution in [0.15, 0.2) is 79.1 Å². The van der Waals surface area contributed by atoms with E-state index in [1.54, 1.807) is 6.20 Å². The van der Waals surface area contributed by atoms with Crippen LogP contribution in [0, 0.1) is 0 Å². The number of fused-ring (bicyclic) bond motifs is 1. The predicted molar refractivity (Wildman–Crippen MR) is 175 cm³/mol. The van der Waals surface area contributed by atoms with Crippen LogP contribution in [0.2, 0.25) is 0 Å². The number of nitrogens with one attached hydrogen (secondary N) is 3. The molecule has 0 bridgehead atoms. The molecule has 0 radical (unpaired) electrons. The van der Waals surface area contributed by atoms with Gasteiger partial charge in [0.1, 0.15) is 5.82 Å². The summed E-state index contributed by atoms with van der Waals surface area (Å²) in [5, 5.41) is 9.08. The first-order valence-electron chi connectivity index (χ1n) is 15.8. The largest absolute Gasteiger partial charge is 0.379 e. The molecule has 2 heterocycles. The van der Waals surface area contributed by atoms with Crippen molar-refractivity contribution in [1.29, 1.82) is 0 Å². The zero-order chi connectivity index (χ0) is 30.3.